The number of hydrogen-bond acceptors (Lipinski definition) is 5. The lowest BCUT2D eigenvalue weighted by atomic mass is 10.2. The number of aliphatic hydroxyl groups excluding tert-OH is 1. The van der Waals surface area contributed by atoms with E-state index in [1.807, 2.05) is 0 Å². The molecule has 0 saturated heterocycles. The van der Waals surface area contributed by atoms with Crippen LogP contribution >= 0.6 is 0 Å². The molecular weight excluding hydrogens is 325 g/mol. The Morgan fingerprint density at radius 2 is 2.05 bits per heavy atom. The average molecular weight is 336 g/mol. The van der Waals surface area contributed by atoms with Crippen molar-refractivity contribution in [2.24, 2.45) is 0 Å². The van der Waals surface area contributed by atoms with Gasteiger partial charge in [0, 0.05) is 6.20 Å². The zero-order valence-corrected chi connectivity index (χ0v) is 11.7. The van der Waals surface area contributed by atoms with Gasteiger partial charge in [0.1, 0.15) is 22.4 Å². The summed E-state index contributed by atoms with van der Waals surface area (Å²) in [6, 6.07) is 3.26. The van der Waals surface area contributed by atoms with E-state index in [0.29, 0.717) is 12.3 Å². The summed E-state index contributed by atoms with van der Waals surface area (Å²) < 4.78 is 68.4. The lowest BCUT2D eigenvalue weighted by Crippen LogP contribution is -2.30. The van der Waals surface area contributed by atoms with E-state index in [0.717, 1.165) is 6.07 Å². The van der Waals surface area contributed by atoms with Crippen molar-refractivity contribution in [2.45, 2.75) is 17.1 Å². The van der Waals surface area contributed by atoms with E-state index in [-0.39, 0.29) is 5.76 Å². The number of aliphatic hydroxyl groups is 1. The number of aromatic nitrogens is 1. The van der Waals surface area contributed by atoms with Crippen LogP contribution in [0.2, 0.25) is 0 Å². The van der Waals surface area contributed by atoms with Crippen LogP contribution in [-0.2, 0) is 16.2 Å². The lowest BCUT2D eigenvalue weighted by Gasteiger charge is -2.14. The Balaban J connectivity index is 2.23. The van der Waals surface area contributed by atoms with E-state index in [1.54, 1.807) is 0 Å². The van der Waals surface area contributed by atoms with Crippen LogP contribution in [-0.4, -0.2) is 25.1 Å². The van der Waals surface area contributed by atoms with Crippen molar-refractivity contribution >= 4 is 10.0 Å². The van der Waals surface area contributed by atoms with E-state index >= 15 is 0 Å². The van der Waals surface area contributed by atoms with Crippen LogP contribution in [0.15, 0.2) is 46.0 Å². The molecule has 0 aliphatic rings. The number of pyridine rings is 1. The normalized spacial score (nSPS) is 14.0. The van der Waals surface area contributed by atoms with Crippen LogP contribution in [0.5, 0.6) is 0 Å². The maximum Gasteiger partial charge on any atom is 0.433 e. The van der Waals surface area contributed by atoms with Crippen LogP contribution in [0.1, 0.15) is 17.5 Å². The first-order valence-corrected chi connectivity index (χ1v) is 7.42. The third kappa shape index (κ3) is 3.64. The molecule has 0 aromatic carbocycles. The molecule has 1 atom stereocenters. The predicted octanol–water partition coefficient (Wildman–Crippen LogP) is 1.71. The molecule has 2 rings (SSSR count). The predicted molar refractivity (Wildman–Crippen MR) is 68.1 cm³/mol. The topological polar surface area (TPSA) is 92.4 Å². The first kappa shape index (κ1) is 16.5. The fraction of sp³-hybridized carbons (Fsp3) is 0.250. The maximum atomic E-state index is 12.4. The van der Waals surface area contributed by atoms with Gasteiger partial charge in [-0.3, -0.25) is 4.98 Å². The van der Waals surface area contributed by atoms with Crippen molar-refractivity contribution in [3.8, 4) is 0 Å². The Morgan fingerprint density at radius 3 is 2.50 bits per heavy atom. The van der Waals surface area contributed by atoms with E-state index in [1.165, 1.54) is 18.4 Å². The van der Waals surface area contributed by atoms with Gasteiger partial charge in [-0.25, -0.2) is 8.42 Å². The Bertz CT molecular complexity index is 712. The molecule has 2 N–H and O–H groups in total. The standard InChI is InChI=1S/C12H11F3N2O4S/c13-12(14,15)11-4-3-8(6-16-11)22(19,20)17-9(7-18)10-2-1-5-21-10/h1-6,9,17-18H,7H2/t9-/m0/s1. The van der Waals surface area contributed by atoms with Crippen molar-refractivity contribution in [1.29, 1.82) is 0 Å². The molecule has 0 fully saturated rings. The van der Waals surface area contributed by atoms with Crippen molar-refractivity contribution in [3.63, 3.8) is 0 Å². The van der Waals surface area contributed by atoms with E-state index < -0.39 is 39.4 Å². The molecule has 22 heavy (non-hydrogen) atoms. The number of rotatable bonds is 5. The highest BCUT2D eigenvalue weighted by atomic mass is 32.2. The second kappa shape index (κ2) is 6.07. The molecule has 2 aromatic rings. The largest absolute Gasteiger partial charge is 0.468 e. The Kier molecular flexibility index (Phi) is 4.54. The molecule has 0 amide bonds. The quantitative estimate of drug-likeness (QED) is 0.867. The number of halogens is 3. The lowest BCUT2D eigenvalue weighted by molar-refractivity contribution is -0.141. The van der Waals surface area contributed by atoms with Gasteiger partial charge in [-0.1, -0.05) is 0 Å². The number of nitrogens with zero attached hydrogens (tertiary/aromatic N) is 1. The molecule has 0 spiro atoms. The van der Waals surface area contributed by atoms with Crippen LogP contribution < -0.4 is 4.72 Å². The van der Waals surface area contributed by atoms with Crippen molar-refractivity contribution in [2.75, 3.05) is 6.61 Å². The minimum absolute atomic E-state index is 0.172. The van der Waals surface area contributed by atoms with Crippen LogP contribution in [0.25, 0.3) is 0 Å². The molecule has 0 aliphatic carbocycles. The van der Waals surface area contributed by atoms with Crippen molar-refractivity contribution < 1.29 is 31.1 Å². The first-order chi connectivity index (χ1) is 10.2. The summed E-state index contributed by atoms with van der Waals surface area (Å²) in [6.07, 6.45) is -2.76. The van der Waals surface area contributed by atoms with E-state index in [9.17, 15) is 26.7 Å². The van der Waals surface area contributed by atoms with E-state index in [2.05, 4.69) is 9.71 Å². The number of furan rings is 1. The minimum atomic E-state index is -4.66. The van der Waals surface area contributed by atoms with Crippen LogP contribution in [0, 0.1) is 0 Å². The summed E-state index contributed by atoms with van der Waals surface area (Å²) in [5.74, 6) is 0.172. The number of alkyl halides is 3. The molecule has 6 nitrogen and oxygen atoms in total. The van der Waals surface area contributed by atoms with Crippen molar-refractivity contribution in [1.82, 2.24) is 9.71 Å². The molecule has 2 aromatic heterocycles. The van der Waals surface area contributed by atoms with Gasteiger partial charge in [0.15, 0.2) is 0 Å². The zero-order valence-electron chi connectivity index (χ0n) is 10.9. The third-order valence-corrected chi connectivity index (χ3v) is 4.16. The highest BCUT2D eigenvalue weighted by molar-refractivity contribution is 7.89. The zero-order chi connectivity index (χ0) is 16.4. The molecule has 120 valence electrons. The smallest absolute Gasteiger partial charge is 0.433 e. The second-order valence-corrected chi connectivity index (χ2v) is 5.96. The molecule has 0 unspecified atom stereocenters. The monoisotopic (exact) mass is 336 g/mol. The highest BCUT2D eigenvalue weighted by Gasteiger charge is 2.33. The maximum absolute atomic E-state index is 12.4. The summed E-state index contributed by atoms with van der Waals surface area (Å²) in [5, 5.41) is 9.21. The van der Waals surface area contributed by atoms with Crippen LogP contribution in [0.3, 0.4) is 0 Å². The van der Waals surface area contributed by atoms with Crippen LogP contribution in [0.4, 0.5) is 13.2 Å². The average Bonchev–Trinajstić information content (AvgIpc) is 2.98. The Labute approximate surface area is 123 Å². The molecule has 0 bridgehead atoms. The molecule has 0 saturated carbocycles. The summed E-state index contributed by atoms with van der Waals surface area (Å²) in [7, 11) is -4.16. The molecule has 0 aliphatic heterocycles. The Morgan fingerprint density at radius 1 is 1.32 bits per heavy atom. The first-order valence-electron chi connectivity index (χ1n) is 5.94. The SMILES string of the molecule is O=S(=O)(N[C@@H](CO)c1ccco1)c1ccc(C(F)(F)F)nc1. The number of nitrogens with one attached hydrogen (secondary N) is 1. The van der Waals surface area contributed by atoms with Gasteiger partial charge in [-0.05, 0) is 24.3 Å². The minimum Gasteiger partial charge on any atom is -0.468 e. The van der Waals surface area contributed by atoms with Gasteiger partial charge in [-0.15, -0.1) is 0 Å². The second-order valence-electron chi connectivity index (χ2n) is 4.25. The Hall–Kier alpha value is -1.91. The summed E-state index contributed by atoms with van der Waals surface area (Å²) in [5.41, 5.74) is -1.20. The summed E-state index contributed by atoms with van der Waals surface area (Å²) in [4.78, 5) is 2.63. The van der Waals surface area contributed by atoms with Gasteiger partial charge >= 0.3 is 6.18 Å². The number of hydrogen-bond donors (Lipinski definition) is 2. The van der Waals surface area contributed by atoms with Gasteiger partial charge in [0.25, 0.3) is 0 Å². The highest BCUT2D eigenvalue weighted by Crippen LogP contribution is 2.28. The van der Waals surface area contributed by atoms with Gasteiger partial charge in [-0.2, -0.15) is 17.9 Å². The van der Waals surface area contributed by atoms with Gasteiger partial charge < -0.3 is 9.52 Å². The van der Waals surface area contributed by atoms with Crippen molar-refractivity contribution in [3.05, 3.63) is 48.2 Å². The number of sulfonamides is 1. The van der Waals surface area contributed by atoms with Gasteiger partial charge in [0.2, 0.25) is 10.0 Å². The summed E-state index contributed by atoms with van der Waals surface area (Å²) >= 11 is 0. The van der Waals surface area contributed by atoms with Gasteiger partial charge in [0.05, 0.1) is 12.9 Å². The molecule has 0 radical (unpaired) electrons. The molecule has 10 heteroatoms. The third-order valence-electron chi connectivity index (χ3n) is 2.70. The fourth-order valence-electron chi connectivity index (χ4n) is 1.64. The fourth-order valence-corrected chi connectivity index (χ4v) is 2.78. The molecular formula is C12H11F3N2O4S. The van der Waals surface area contributed by atoms with E-state index in [4.69, 9.17) is 4.42 Å². The summed E-state index contributed by atoms with van der Waals surface area (Å²) in [6.45, 7) is -0.583. The molecule has 2 heterocycles.